The van der Waals surface area contributed by atoms with Gasteiger partial charge in [-0.3, -0.25) is 0 Å². The lowest BCUT2D eigenvalue weighted by Gasteiger charge is -2.12. The van der Waals surface area contributed by atoms with Crippen LogP contribution in [0.2, 0.25) is 0 Å². The second-order valence-corrected chi connectivity index (χ2v) is 7.23. The predicted octanol–water partition coefficient (Wildman–Crippen LogP) is 5.57. The third-order valence-corrected chi connectivity index (χ3v) is 4.31. The van der Waals surface area contributed by atoms with Gasteiger partial charge < -0.3 is 0 Å². The van der Waals surface area contributed by atoms with E-state index in [1.165, 1.54) is 22.3 Å². The largest absolute Gasteiger partial charge is 0.0949 e. The molecule has 0 saturated heterocycles. The van der Waals surface area contributed by atoms with E-state index < -0.39 is 0 Å². The van der Waals surface area contributed by atoms with Gasteiger partial charge in [0.05, 0.1) is 3.74 Å². The number of aryl methyl sites for hydroxylation is 1. The second kappa shape index (κ2) is 6.02. The Hall–Kier alpha value is 1.14. The minimum Gasteiger partial charge on any atom is -0.0876 e. The molecule has 1 rings (SSSR count). The summed E-state index contributed by atoms with van der Waals surface area (Å²) in [6, 6.07) is 4.46. The molecule has 0 aliphatic carbocycles. The van der Waals surface area contributed by atoms with Crippen LogP contribution in [0.5, 0.6) is 0 Å². The molecule has 1 aromatic rings. The van der Waals surface area contributed by atoms with E-state index in [2.05, 4.69) is 82.8 Å². The van der Waals surface area contributed by atoms with E-state index >= 15 is 0 Å². The van der Waals surface area contributed by atoms with Crippen molar-refractivity contribution in [3.05, 3.63) is 34.4 Å². The van der Waals surface area contributed by atoms with Crippen LogP contribution < -0.4 is 0 Å². The molecule has 0 aromatic heterocycles. The van der Waals surface area contributed by atoms with Crippen molar-refractivity contribution < 1.29 is 0 Å². The fourth-order valence-electron chi connectivity index (χ4n) is 1.32. The Balaban J connectivity index is 3.23. The summed E-state index contributed by atoms with van der Waals surface area (Å²) >= 11 is 14.1. The summed E-state index contributed by atoms with van der Waals surface area (Å²) in [6.45, 7) is 2.13. The third-order valence-electron chi connectivity index (χ3n) is 2.11. The fourth-order valence-corrected chi connectivity index (χ4v) is 3.35. The van der Waals surface area contributed by atoms with E-state index in [1.807, 2.05) is 0 Å². The second-order valence-electron chi connectivity index (χ2n) is 3.05. The average Bonchev–Trinajstić information content (AvgIpc) is 2.16. The van der Waals surface area contributed by atoms with Crippen molar-refractivity contribution in [1.29, 1.82) is 0 Å². The minimum atomic E-state index is 0.233. The molecular weight excluding hydrogens is 440 g/mol. The highest BCUT2D eigenvalue weighted by molar-refractivity contribution is 9.24. The molecular formula is C10H10Br4. The third kappa shape index (κ3) is 3.06. The van der Waals surface area contributed by atoms with E-state index in [0.717, 1.165) is 10.7 Å². The molecule has 0 unspecified atom stereocenters. The van der Waals surface area contributed by atoms with Gasteiger partial charge in [0.15, 0.2) is 0 Å². The monoisotopic (exact) mass is 446 g/mol. The maximum absolute atomic E-state index is 3.53. The molecule has 0 aliphatic heterocycles. The zero-order valence-corrected chi connectivity index (χ0v) is 14.0. The number of hydrogen-bond donors (Lipinski definition) is 0. The van der Waals surface area contributed by atoms with Crippen molar-refractivity contribution in [1.82, 2.24) is 0 Å². The van der Waals surface area contributed by atoms with Crippen molar-refractivity contribution in [2.45, 2.75) is 21.3 Å². The van der Waals surface area contributed by atoms with Gasteiger partial charge in [-0.25, -0.2) is 0 Å². The standard InChI is InChI=1S/C10H10Br4/c1-6-2-7(4-11)8(5-12)3-9(6)10(13)14/h2-3,10H,4-5H2,1H3. The maximum Gasteiger partial charge on any atom is 0.0949 e. The lowest BCUT2D eigenvalue weighted by Crippen LogP contribution is -1.95. The Morgan fingerprint density at radius 2 is 1.57 bits per heavy atom. The first-order valence-corrected chi connectivity index (χ1v) is 8.20. The highest BCUT2D eigenvalue weighted by Gasteiger charge is 2.10. The Bertz CT molecular complexity index is 320. The van der Waals surface area contributed by atoms with Crippen LogP contribution in [-0.4, -0.2) is 0 Å². The minimum absolute atomic E-state index is 0.233. The first-order chi connectivity index (χ1) is 6.60. The van der Waals surface area contributed by atoms with Crippen LogP contribution in [0.3, 0.4) is 0 Å². The van der Waals surface area contributed by atoms with Crippen LogP contribution in [0.25, 0.3) is 0 Å². The summed E-state index contributed by atoms with van der Waals surface area (Å²) in [5.41, 5.74) is 5.29. The zero-order valence-electron chi connectivity index (χ0n) is 7.66. The lowest BCUT2D eigenvalue weighted by molar-refractivity contribution is 1.21. The Morgan fingerprint density at radius 3 is 2.00 bits per heavy atom. The van der Waals surface area contributed by atoms with E-state index in [0.29, 0.717) is 0 Å². The van der Waals surface area contributed by atoms with Gasteiger partial charge in [-0.1, -0.05) is 75.9 Å². The predicted molar refractivity (Wildman–Crippen MR) is 77.0 cm³/mol. The van der Waals surface area contributed by atoms with Crippen molar-refractivity contribution in [2.75, 3.05) is 0 Å². The molecule has 1 aromatic carbocycles. The van der Waals surface area contributed by atoms with Gasteiger partial charge in [-0.05, 0) is 29.2 Å². The molecule has 0 saturated carbocycles. The van der Waals surface area contributed by atoms with E-state index in [1.54, 1.807) is 0 Å². The smallest absolute Gasteiger partial charge is 0.0876 e. The first-order valence-electron chi connectivity index (χ1n) is 4.12. The fraction of sp³-hybridized carbons (Fsp3) is 0.400. The normalized spacial score (nSPS) is 11.0. The maximum atomic E-state index is 3.53. The molecule has 0 bridgehead atoms. The van der Waals surface area contributed by atoms with Gasteiger partial charge in [-0.15, -0.1) is 0 Å². The van der Waals surface area contributed by atoms with Crippen molar-refractivity contribution >= 4 is 63.7 Å². The zero-order chi connectivity index (χ0) is 10.7. The van der Waals surface area contributed by atoms with Crippen molar-refractivity contribution in [2.24, 2.45) is 0 Å². The lowest BCUT2D eigenvalue weighted by atomic mass is 10.0. The number of alkyl halides is 4. The molecule has 0 radical (unpaired) electrons. The van der Waals surface area contributed by atoms with Crippen LogP contribution in [-0.2, 0) is 10.7 Å². The van der Waals surface area contributed by atoms with Gasteiger partial charge in [0.25, 0.3) is 0 Å². The summed E-state index contributed by atoms with van der Waals surface area (Å²) in [5, 5.41) is 1.80. The van der Waals surface area contributed by atoms with Crippen LogP contribution in [0.1, 0.15) is 26.0 Å². The number of hydrogen-bond acceptors (Lipinski definition) is 0. The summed E-state index contributed by atoms with van der Waals surface area (Å²) < 4.78 is 0.233. The number of benzene rings is 1. The van der Waals surface area contributed by atoms with Gasteiger partial charge in [0, 0.05) is 10.7 Å². The molecule has 0 aliphatic rings. The van der Waals surface area contributed by atoms with E-state index in [9.17, 15) is 0 Å². The first kappa shape index (κ1) is 13.2. The Morgan fingerprint density at radius 1 is 1.07 bits per heavy atom. The summed E-state index contributed by atoms with van der Waals surface area (Å²) in [6.07, 6.45) is 0. The molecule has 0 amide bonds. The molecule has 14 heavy (non-hydrogen) atoms. The Labute approximate surface area is 118 Å². The van der Waals surface area contributed by atoms with Crippen molar-refractivity contribution in [3.63, 3.8) is 0 Å². The molecule has 78 valence electrons. The number of halogens is 4. The molecule has 0 N–H and O–H groups in total. The van der Waals surface area contributed by atoms with Crippen LogP contribution in [0, 0.1) is 6.92 Å². The van der Waals surface area contributed by atoms with Gasteiger partial charge in [0.1, 0.15) is 0 Å². The molecule has 0 spiro atoms. The molecule has 0 nitrogen and oxygen atoms in total. The van der Waals surface area contributed by atoms with Gasteiger partial charge >= 0.3 is 0 Å². The van der Waals surface area contributed by atoms with Crippen LogP contribution in [0.4, 0.5) is 0 Å². The topological polar surface area (TPSA) is 0 Å². The SMILES string of the molecule is Cc1cc(CBr)c(CBr)cc1C(Br)Br. The molecule has 4 heteroatoms. The quantitative estimate of drug-likeness (QED) is 0.529. The van der Waals surface area contributed by atoms with Gasteiger partial charge in [-0.2, -0.15) is 0 Å². The van der Waals surface area contributed by atoms with Crippen LogP contribution >= 0.6 is 63.7 Å². The molecule has 0 heterocycles. The summed E-state index contributed by atoms with van der Waals surface area (Å²) in [7, 11) is 0. The average molecular weight is 450 g/mol. The number of rotatable bonds is 3. The van der Waals surface area contributed by atoms with Crippen molar-refractivity contribution in [3.8, 4) is 0 Å². The van der Waals surface area contributed by atoms with Gasteiger partial charge in [0.2, 0.25) is 0 Å². The molecule has 0 atom stereocenters. The van der Waals surface area contributed by atoms with E-state index in [-0.39, 0.29) is 3.74 Å². The highest BCUT2D eigenvalue weighted by Crippen LogP contribution is 2.34. The highest BCUT2D eigenvalue weighted by atomic mass is 79.9. The summed E-state index contributed by atoms with van der Waals surface area (Å²) in [4.78, 5) is 0. The molecule has 0 fully saturated rings. The van der Waals surface area contributed by atoms with E-state index in [4.69, 9.17) is 0 Å². The van der Waals surface area contributed by atoms with Crippen LogP contribution in [0.15, 0.2) is 12.1 Å². The Kier molecular flexibility index (Phi) is 5.68. The summed E-state index contributed by atoms with van der Waals surface area (Å²) in [5.74, 6) is 0.